The van der Waals surface area contributed by atoms with Gasteiger partial charge in [0.1, 0.15) is 5.15 Å². The van der Waals surface area contributed by atoms with E-state index in [1.54, 1.807) is 12.1 Å². The van der Waals surface area contributed by atoms with Crippen molar-refractivity contribution in [2.75, 3.05) is 0 Å². The summed E-state index contributed by atoms with van der Waals surface area (Å²) in [5.41, 5.74) is 1.29. The summed E-state index contributed by atoms with van der Waals surface area (Å²) in [5.74, 6) is -0.286. The lowest BCUT2D eigenvalue weighted by Crippen LogP contribution is -2.28. The molecule has 1 amide bonds. The second-order valence-electron chi connectivity index (χ2n) is 4.47. The van der Waals surface area contributed by atoms with Gasteiger partial charge in [0.15, 0.2) is 0 Å². The van der Waals surface area contributed by atoms with Gasteiger partial charge in [-0.2, -0.15) is 0 Å². The number of benzene rings is 1. The number of carbonyl (C=O) groups is 1. The number of halogens is 3. The molecule has 1 aromatic heterocycles. The smallest absolute Gasteiger partial charge is 0.253 e. The molecule has 0 aliphatic heterocycles. The van der Waals surface area contributed by atoms with Crippen molar-refractivity contribution in [1.29, 1.82) is 0 Å². The van der Waals surface area contributed by atoms with Crippen LogP contribution >= 0.6 is 34.8 Å². The summed E-state index contributed by atoms with van der Waals surface area (Å²) in [6.45, 7) is 1.99. The molecule has 0 saturated heterocycles. The van der Waals surface area contributed by atoms with Crippen molar-refractivity contribution < 1.29 is 4.79 Å². The lowest BCUT2D eigenvalue weighted by Gasteiger charge is -2.18. The molecule has 3 nitrogen and oxygen atoms in total. The van der Waals surface area contributed by atoms with E-state index in [4.69, 9.17) is 34.8 Å². The van der Waals surface area contributed by atoms with Crippen LogP contribution in [-0.4, -0.2) is 10.9 Å². The van der Waals surface area contributed by atoms with Crippen LogP contribution in [0.1, 0.15) is 35.3 Å². The minimum atomic E-state index is -0.286. The molecule has 2 aromatic rings. The zero-order valence-corrected chi connectivity index (χ0v) is 13.5. The number of hydrogen-bond acceptors (Lipinski definition) is 2. The van der Waals surface area contributed by atoms with E-state index >= 15 is 0 Å². The molecule has 0 aliphatic rings. The number of nitrogens with one attached hydrogen (secondary N) is 1. The SMILES string of the molecule is CCC(NC(=O)c1cc(Cl)ncc1Cl)c1ccc(Cl)cc1. The van der Waals surface area contributed by atoms with Gasteiger partial charge in [-0.1, -0.05) is 53.9 Å². The highest BCUT2D eigenvalue weighted by atomic mass is 35.5. The molecule has 1 N–H and O–H groups in total. The largest absolute Gasteiger partial charge is 0.345 e. The maximum atomic E-state index is 12.3. The maximum absolute atomic E-state index is 12.3. The van der Waals surface area contributed by atoms with Crippen LogP contribution in [0.2, 0.25) is 15.2 Å². The van der Waals surface area contributed by atoms with Gasteiger partial charge >= 0.3 is 0 Å². The average Bonchev–Trinajstić information content (AvgIpc) is 2.48. The van der Waals surface area contributed by atoms with Gasteiger partial charge in [0, 0.05) is 11.2 Å². The molecule has 1 atom stereocenters. The second-order valence-corrected chi connectivity index (χ2v) is 5.70. The number of aromatic nitrogens is 1. The molecule has 1 unspecified atom stereocenters. The molecular formula is C15H13Cl3N2O. The number of amides is 1. The van der Waals surface area contributed by atoms with Crippen LogP contribution in [0.25, 0.3) is 0 Å². The van der Waals surface area contributed by atoms with Crippen molar-refractivity contribution in [2.45, 2.75) is 19.4 Å². The number of rotatable bonds is 4. The molecule has 0 radical (unpaired) electrons. The van der Waals surface area contributed by atoms with Crippen LogP contribution in [0.3, 0.4) is 0 Å². The van der Waals surface area contributed by atoms with E-state index in [1.807, 2.05) is 19.1 Å². The van der Waals surface area contributed by atoms with Crippen LogP contribution in [0, 0.1) is 0 Å². The van der Waals surface area contributed by atoms with E-state index in [-0.39, 0.29) is 22.1 Å². The van der Waals surface area contributed by atoms with E-state index in [2.05, 4.69) is 10.3 Å². The highest BCUT2D eigenvalue weighted by Crippen LogP contribution is 2.22. The van der Waals surface area contributed by atoms with Gasteiger partial charge < -0.3 is 5.32 Å². The molecule has 0 spiro atoms. The minimum absolute atomic E-state index is 0.127. The Kier molecular flexibility index (Phi) is 5.45. The van der Waals surface area contributed by atoms with E-state index in [0.29, 0.717) is 10.6 Å². The van der Waals surface area contributed by atoms with E-state index in [0.717, 1.165) is 12.0 Å². The second kappa shape index (κ2) is 7.12. The summed E-state index contributed by atoms with van der Waals surface area (Å²) in [6, 6.07) is 8.69. The van der Waals surface area contributed by atoms with Crippen LogP contribution in [-0.2, 0) is 0 Å². The standard InChI is InChI=1S/C15H13Cl3N2O/c1-2-13(9-3-5-10(16)6-4-9)20-15(21)11-7-14(18)19-8-12(11)17/h3-8,13H,2H2,1H3,(H,20,21). The van der Waals surface area contributed by atoms with Crippen LogP contribution in [0.5, 0.6) is 0 Å². The maximum Gasteiger partial charge on any atom is 0.253 e. The topological polar surface area (TPSA) is 42.0 Å². The quantitative estimate of drug-likeness (QED) is 0.800. The predicted octanol–water partition coefficient (Wildman–Crippen LogP) is 4.92. The van der Waals surface area contributed by atoms with Crippen LogP contribution in [0.4, 0.5) is 0 Å². The third kappa shape index (κ3) is 4.10. The number of carbonyl (C=O) groups excluding carboxylic acids is 1. The average molecular weight is 344 g/mol. The van der Waals surface area contributed by atoms with E-state index in [1.165, 1.54) is 12.3 Å². The van der Waals surface area contributed by atoms with Gasteiger partial charge in [-0.25, -0.2) is 4.98 Å². The normalized spacial score (nSPS) is 12.0. The molecule has 21 heavy (non-hydrogen) atoms. The third-order valence-electron chi connectivity index (χ3n) is 3.05. The zero-order valence-electron chi connectivity index (χ0n) is 11.2. The first-order chi connectivity index (χ1) is 10.0. The lowest BCUT2D eigenvalue weighted by atomic mass is 10.0. The molecule has 1 heterocycles. The van der Waals surface area contributed by atoms with Gasteiger partial charge in [0.2, 0.25) is 0 Å². The first kappa shape index (κ1) is 16.1. The Morgan fingerprint density at radius 1 is 1.24 bits per heavy atom. The summed E-state index contributed by atoms with van der Waals surface area (Å²) < 4.78 is 0. The highest BCUT2D eigenvalue weighted by Gasteiger charge is 2.17. The Labute approximate surface area is 138 Å². The third-order valence-corrected chi connectivity index (χ3v) is 3.81. The summed E-state index contributed by atoms with van der Waals surface area (Å²) in [7, 11) is 0. The van der Waals surface area contributed by atoms with Gasteiger partial charge in [-0.15, -0.1) is 0 Å². The van der Waals surface area contributed by atoms with Crippen molar-refractivity contribution in [1.82, 2.24) is 10.3 Å². The van der Waals surface area contributed by atoms with Crippen LogP contribution in [0.15, 0.2) is 36.5 Å². The van der Waals surface area contributed by atoms with Crippen molar-refractivity contribution in [3.63, 3.8) is 0 Å². The molecule has 0 fully saturated rings. The van der Waals surface area contributed by atoms with Gasteiger partial charge in [0.25, 0.3) is 5.91 Å². The first-order valence-electron chi connectivity index (χ1n) is 6.38. The number of hydrogen-bond donors (Lipinski definition) is 1. The van der Waals surface area contributed by atoms with E-state index in [9.17, 15) is 4.79 Å². The first-order valence-corrected chi connectivity index (χ1v) is 7.52. The van der Waals surface area contributed by atoms with Crippen molar-refractivity contribution in [3.05, 3.63) is 62.9 Å². The summed E-state index contributed by atoms with van der Waals surface area (Å²) in [6.07, 6.45) is 2.10. The van der Waals surface area contributed by atoms with Gasteiger partial charge in [-0.05, 0) is 30.2 Å². The van der Waals surface area contributed by atoms with Crippen molar-refractivity contribution in [2.24, 2.45) is 0 Å². The molecule has 6 heteroatoms. The lowest BCUT2D eigenvalue weighted by molar-refractivity contribution is 0.0935. The molecule has 110 valence electrons. The zero-order chi connectivity index (χ0) is 15.4. The molecule has 2 rings (SSSR count). The van der Waals surface area contributed by atoms with Gasteiger partial charge in [0.05, 0.1) is 16.6 Å². The number of pyridine rings is 1. The molecule has 0 bridgehead atoms. The Balaban J connectivity index is 2.20. The fraction of sp³-hybridized carbons (Fsp3) is 0.200. The van der Waals surface area contributed by atoms with E-state index < -0.39 is 0 Å². The minimum Gasteiger partial charge on any atom is -0.345 e. The Morgan fingerprint density at radius 2 is 1.90 bits per heavy atom. The predicted molar refractivity (Wildman–Crippen MR) is 86.2 cm³/mol. The van der Waals surface area contributed by atoms with Crippen molar-refractivity contribution >= 4 is 40.7 Å². The summed E-state index contributed by atoms with van der Waals surface area (Å²) in [4.78, 5) is 16.1. The fourth-order valence-corrected chi connectivity index (χ4v) is 2.41. The molecule has 0 aliphatic carbocycles. The molecule has 0 saturated carbocycles. The summed E-state index contributed by atoms with van der Waals surface area (Å²) in [5, 5.41) is 4.08. The van der Waals surface area contributed by atoms with Gasteiger partial charge in [-0.3, -0.25) is 4.79 Å². The monoisotopic (exact) mass is 342 g/mol. The Hall–Kier alpha value is -1.29. The Bertz CT molecular complexity index is 644. The van der Waals surface area contributed by atoms with Crippen LogP contribution < -0.4 is 5.32 Å². The summed E-state index contributed by atoms with van der Waals surface area (Å²) >= 11 is 17.7. The Morgan fingerprint density at radius 3 is 2.52 bits per heavy atom. The fourth-order valence-electron chi connectivity index (χ4n) is 1.94. The van der Waals surface area contributed by atoms with Crippen molar-refractivity contribution in [3.8, 4) is 0 Å². The number of nitrogens with zero attached hydrogens (tertiary/aromatic N) is 1. The molecule has 1 aromatic carbocycles. The highest BCUT2D eigenvalue weighted by molar-refractivity contribution is 6.35. The molecular weight excluding hydrogens is 331 g/mol.